The van der Waals surface area contributed by atoms with Crippen molar-refractivity contribution in [3.05, 3.63) is 95.1 Å². The maximum absolute atomic E-state index is 14.2. The third-order valence-corrected chi connectivity index (χ3v) is 8.45. The molecular weight excluding hydrogens is 532 g/mol. The summed E-state index contributed by atoms with van der Waals surface area (Å²) in [5, 5.41) is 19.6. The highest BCUT2D eigenvalue weighted by molar-refractivity contribution is 5.92. The number of carbonyl (C=O) groups is 3. The number of urea groups is 1. The topological polar surface area (TPSA) is 108 Å². The number of aromatic hydroxyl groups is 1. The summed E-state index contributed by atoms with van der Waals surface area (Å²) in [6.07, 6.45) is 0.510. The lowest BCUT2D eigenvalue weighted by atomic mass is 9.98. The molecule has 0 bridgehead atoms. The van der Waals surface area contributed by atoms with Gasteiger partial charge in [0.15, 0.2) is 0 Å². The van der Waals surface area contributed by atoms with Crippen LogP contribution in [0.1, 0.15) is 35.2 Å². The SMILES string of the molecule is C[C@@H](NC(=O)N1C2CN(Cc3cccc4c3NCC4)C(=O)[C@H](Cc3ccc(O)cc3)N2C(=O)CN1C)c1ccccc1. The maximum atomic E-state index is 14.2. The van der Waals surface area contributed by atoms with Gasteiger partial charge in [0.05, 0.1) is 19.1 Å². The van der Waals surface area contributed by atoms with Crippen molar-refractivity contribution < 1.29 is 19.5 Å². The number of likely N-dealkylation sites (N-methyl/N-ethyl adjacent to an activating group) is 1. The summed E-state index contributed by atoms with van der Waals surface area (Å²) in [5.41, 5.74) is 5.08. The molecule has 0 aromatic heterocycles. The summed E-state index contributed by atoms with van der Waals surface area (Å²) in [7, 11) is 1.73. The lowest BCUT2D eigenvalue weighted by Gasteiger charge is -2.54. The predicted molar refractivity (Wildman–Crippen MR) is 158 cm³/mol. The Morgan fingerprint density at radius 1 is 1.05 bits per heavy atom. The Hall–Kier alpha value is -4.57. The van der Waals surface area contributed by atoms with Gasteiger partial charge in [0.1, 0.15) is 18.0 Å². The van der Waals surface area contributed by atoms with E-state index in [1.165, 1.54) is 5.56 Å². The van der Waals surface area contributed by atoms with Crippen molar-refractivity contribution in [2.75, 3.05) is 32.0 Å². The van der Waals surface area contributed by atoms with Crippen LogP contribution in [0.2, 0.25) is 0 Å². The number of hydrazine groups is 1. The van der Waals surface area contributed by atoms with Gasteiger partial charge in [-0.25, -0.2) is 14.8 Å². The van der Waals surface area contributed by atoms with Crippen LogP contribution in [0.3, 0.4) is 0 Å². The molecule has 0 radical (unpaired) electrons. The fraction of sp³-hybridized carbons (Fsp3) is 0.344. The number of phenols is 1. The standard InChI is InChI=1S/C32H36N6O4/c1-21(23-7-4-3-5-8-23)34-32(42)38-28-19-36(18-25-10-6-9-24-15-16-33-30(24)25)31(41)27(37(28)29(40)20-35(38)2)17-22-11-13-26(39)14-12-22/h3-14,21,27-28,33,39H,15-20H2,1-2H3,(H,34,42)/t21-,27+,28?/m1/s1. The molecule has 3 aromatic carbocycles. The number of hydrogen-bond donors (Lipinski definition) is 3. The van der Waals surface area contributed by atoms with Crippen molar-refractivity contribution in [3.8, 4) is 5.75 Å². The number of nitrogens with one attached hydrogen (secondary N) is 2. The summed E-state index contributed by atoms with van der Waals surface area (Å²) in [6, 6.07) is 21.1. The van der Waals surface area contributed by atoms with E-state index in [0.717, 1.165) is 35.3 Å². The monoisotopic (exact) mass is 568 g/mol. The Labute approximate surface area is 245 Å². The van der Waals surface area contributed by atoms with Gasteiger partial charge in [0.25, 0.3) is 0 Å². The van der Waals surface area contributed by atoms with E-state index in [-0.39, 0.29) is 49.1 Å². The average Bonchev–Trinajstić information content (AvgIpc) is 3.47. The number of carbonyl (C=O) groups excluding carboxylic acids is 3. The Morgan fingerprint density at radius 3 is 2.57 bits per heavy atom. The molecule has 3 aromatic rings. The van der Waals surface area contributed by atoms with Crippen LogP contribution in [0.4, 0.5) is 10.5 Å². The molecule has 4 amide bonds. The predicted octanol–water partition coefficient (Wildman–Crippen LogP) is 3.10. The van der Waals surface area contributed by atoms with Crippen LogP contribution in [0.5, 0.6) is 5.75 Å². The zero-order chi connectivity index (χ0) is 29.4. The molecule has 3 aliphatic heterocycles. The van der Waals surface area contributed by atoms with Crippen LogP contribution in [0, 0.1) is 0 Å². The first-order valence-electron chi connectivity index (χ1n) is 14.4. The first-order valence-corrected chi connectivity index (χ1v) is 14.4. The fourth-order valence-electron chi connectivity index (χ4n) is 6.33. The van der Waals surface area contributed by atoms with Crippen molar-refractivity contribution in [3.63, 3.8) is 0 Å². The van der Waals surface area contributed by atoms with Gasteiger partial charge in [-0.2, -0.15) is 0 Å². The number of para-hydroxylation sites is 1. The normalized spacial score (nSPS) is 21.0. The van der Waals surface area contributed by atoms with E-state index in [1.54, 1.807) is 51.1 Å². The van der Waals surface area contributed by atoms with E-state index < -0.39 is 12.2 Å². The molecule has 3 N–H and O–H groups in total. The van der Waals surface area contributed by atoms with Gasteiger partial charge in [0.2, 0.25) is 11.8 Å². The quantitative estimate of drug-likeness (QED) is 0.422. The minimum atomic E-state index is -0.805. The molecule has 2 saturated heterocycles. The smallest absolute Gasteiger partial charge is 0.334 e. The number of phenolic OH excluding ortho intramolecular Hbond substituents is 1. The van der Waals surface area contributed by atoms with Crippen molar-refractivity contribution in [2.45, 2.75) is 44.6 Å². The van der Waals surface area contributed by atoms with Crippen molar-refractivity contribution in [2.24, 2.45) is 0 Å². The molecule has 10 nitrogen and oxygen atoms in total. The minimum absolute atomic E-state index is 0.0287. The maximum Gasteiger partial charge on any atom is 0.334 e. The molecule has 3 atom stereocenters. The van der Waals surface area contributed by atoms with Gasteiger partial charge in [0, 0.05) is 32.2 Å². The van der Waals surface area contributed by atoms with Gasteiger partial charge >= 0.3 is 6.03 Å². The second-order valence-corrected chi connectivity index (χ2v) is 11.3. The molecule has 0 saturated carbocycles. The van der Waals surface area contributed by atoms with Crippen LogP contribution in [0.25, 0.3) is 0 Å². The van der Waals surface area contributed by atoms with E-state index in [1.807, 2.05) is 49.4 Å². The number of benzene rings is 3. The summed E-state index contributed by atoms with van der Waals surface area (Å²) in [4.78, 5) is 44.9. The number of hydrogen-bond acceptors (Lipinski definition) is 6. The number of nitrogens with zero attached hydrogens (tertiary/aromatic N) is 4. The Kier molecular flexibility index (Phi) is 7.47. The largest absolute Gasteiger partial charge is 0.508 e. The molecule has 0 aliphatic carbocycles. The zero-order valence-electron chi connectivity index (χ0n) is 23.9. The summed E-state index contributed by atoms with van der Waals surface area (Å²) in [6.45, 7) is 3.29. The number of anilines is 1. The van der Waals surface area contributed by atoms with Crippen LogP contribution in [0.15, 0.2) is 72.8 Å². The Bertz CT molecular complexity index is 1480. The Balaban J connectivity index is 1.33. The second-order valence-electron chi connectivity index (χ2n) is 11.3. The third kappa shape index (κ3) is 5.25. The molecule has 1 unspecified atom stereocenters. The first-order chi connectivity index (χ1) is 20.3. The number of fused-ring (bicyclic) bond motifs is 2. The number of amides is 4. The highest BCUT2D eigenvalue weighted by Crippen LogP contribution is 2.32. The van der Waals surface area contributed by atoms with Crippen LogP contribution >= 0.6 is 0 Å². The molecule has 3 aliphatic rings. The van der Waals surface area contributed by atoms with Crippen LogP contribution in [-0.2, 0) is 29.0 Å². The van der Waals surface area contributed by atoms with E-state index in [0.29, 0.717) is 6.54 Å². The van der Waals surface area contributed by atoms with E-state index in [9.17, 15) is 19.5 Å². The van der Waals surface area contributed by atoms with E-state index in [2.05, 4.69) is 16.7 Å². The average molecular weight is 569 g/mol. The van der Waals surface area contributed by atoms with Crippen LogP contribution < -0.4 is 10.6 Å². The minimum Gasteiger partial charge on any atom is -0.508 e. The Morgan fingerprint density at radius 2 is 1.81 bits per heavy atom. The molecule has 218 valence electrons. The number of rotatable bonds is 6. The van der Waals surface area contributed by atoms with Crippen molar-refractivity contribution in [1.29, 1.82) is 0 Å². The number of piperazine rings is 1. The molecule has 0 spiro atoms. The lowest BCUT2D eigenvalue weighted by molar-refractivity contribution is -0.187. The molecule has 3 heterocycles. The van der Waals surface area contributed by atoms with Crippen LogP contribution in [-0.4, -0.2) is 81.7 Å². The van der Waals surface area contributed by atoms with E-state index in [4.69, 9.17) is 0 Å². The molecule has 6 rings (SSSR count). The lowest BCUT2D eigenvalue weighted by Crippen LogP contribution is -2.76. The third-order valence-electron chi connectivity index (χ3n) is 8.45. The van der Waals surface area contributed by atoms with Gasteiger partial charge in [-0.3, -0.25) is 9.59 Å². The molecule has 10 heteroatoms. The summed E-state index contributed by atoms with van der Waals surface area (Å²) < 4.78 is 0. The zero-order valence-corrected chi connectivity index (χ0v) is 23.9. The van der Waals surface area contributed by atoms with Crippen molar-refractivity contribution >= 4 is 23.5 Å². The highest BCUT2D eigenvalue weighted by Gasteiger charge is 2.50. The van der Waals surface area contributed by atoms with E-state index >= 15 is 0 Å². The second kappa shape index (κ2) is 11.4. The van der Waals surface area contributed by atoms with Gasteiger partial charge in [-0.15, -0.1) is 0 Å². The highest BCUT2D eigenvalue weighted by atomic mass is 16.3. The molecule has 42 heavy (non-hydrogen) atoms. The van der Waals surface area contributed by atoms with Crippen molar-refractivity contribution in [1.82, 2.24) is 25.1 Å². The molecule has 2 fully saturated rings. The summed E-state index contributed by atoms with van der Waals surface area (Å²) >= 11 is 0. The van der Waals surface area contributed by atoms with Gasteiger partial charge in [-0.05, 0) is 47.7 Å². The first kappa shape index (κ1) is 27.6. The fourth-order valence-corrected chi connectivity index (χ4v) is 6.33. The summed E-state index contributed by atoms with van der Waals surface area (Å²) in [5.74, 6) is -0.239. The molecular formula is C32H36N6O4. The van der Waals surface area contributed by atoms with Gasteiger partial charge < -0.3 is 25.5 Å². The van der Waals surface area contributed by atoms with Gasteiger partial charge in [-0.1, -0.05) is 60.7 Å².